The van der Waals surface area contributed by atoms with Gasteiger partial charge >= 0.3 is 0 Å². The van der Waals surface area contributed by atoms with Gasteiger partial charge in [0, 0.05) is 18.7 Å². The van der Waals surface area contributed by atoms with Crippen LogP contribution in [0.15, 0.2) is 22.9 Å². The molecule has 0 aliphatic rings. The van der Waals surface area contributed by atoms with Crippen LogP contribution in [0.5, 0.6) is 0 Å². The molecule has 27 heavy (non-hydrogen) atoms. The van der Waals surface area contributed by atoms with Gasteiger partial charge in [0.15, 0.2) is 0 Å². The number of nitrogens with one attached hydrogen (secondary N) is 2. The molecule has 0 aromatic carbocycles. The SMILES string of the molecule is CCCC/C(C)=C(C)/C=C(/NC(=O)CCCCNS(=O)(=O)C(C)C)C(C)C. The molecule has 0 atom stereocenters. The molecule has 0 fully saturated rings. The van der Waals surface area contributed by atoms with Crippen molar-refractivity contribution in [2.75, 3.05) is 6.54 Å². The van der Waals surface area contributed by atoms with Gasteiger partial charge in [-0.15, -0.1) is 0 Å². The lowest BCUT2D eigenvalue weighted by molar-refractivity contribution is -0.120. The molecule has 0 aliphatic carbocycles. The van der Waals surface area contributed by atoms with Crippen molar-refractivity contribution in [1.29, 1.82) is 0 Å². The van der Waals surface area contributed by atoms with E-state index >= 15 is 0 Å². The highest BCUT2D eigenvalue weighted by atomic mass is 32.2. The van der Waals surface area contributed by atoms with E-state index in [1.165, 1.54) is 24.0 Å². The van der Waals surface area contributed by atoms with E-state index in [1.807, 2.05) is 0 Å². The summed E-state index contributed by atoms with van der Waals surface area (Å²) >= 11 is 0. The summed E-state index contributed by atoms with van der Waals surface area (Å²) < 4.78 is 25.9. The first kappa shape index (κ1) is 25.9. The van der Waals surface area contributed by atoms with Gasteiger partial charge in [-0.3, -0.25) is 4.79 Å². The predicted molar refractivity (Wildman–Crippen MR) is 115 cm³/mol. The maximum atomic E-state index is 12.2. The van der Waals surface area contributed by atoms with E-state index in [0.29, 0.717) is 25.8 Å². The molecule has 0 heterocycles. The number of carbonyl (C=O) groups is 1. The first-order valence-corrected chi connectivity index (χ1v) is 11.7. The lowest BCUT2D eigenvalue weighted by atomic mass is 10.0. The van der Waals surface area contributed by atoms with Crippen LogP contribution in [0.25, 0.3) is 0 Å². The van der Waals surface area contributed by atoms with Crippen molar-refractivity contribution in [2.45, 2.75) is 92.2 Å². The van der Waals surface area contributed by atoms with Crippen LogP contribution in [0.1, 0.15) is 87.0 Å². The zero-order valence-electron chi connectivity index (χ0n) is 18.3. The van der Waals surface area contributed by atoms with Crippen molar-refractivity contribution in [2.24, 2.45) is 5.92 Å². The number of carbonyl (C=O) groups excluding carboxylic acids is 1. The molecule has 0 rings (SSSR count). The Hall–Kier alpha value is -1.14. The van der Waals surface area contributed by atoms with Gasteiger partial charge in [0.25, 0.3) is 0 Å². The second-order valence-electron chi connectivity index (χ2n) is 7.81. The van der Waals surface area contributed by atoms with E-state index in [4.69, 9.17) is 0 Å². The lowest BCUT2D eigenvalue weighted by Crippen LogP contribution is -2.31. The summed E-state index contributed by atoms with van der Waals surface area (Å²) in [6, 6.07) is 0. The molecule has 0 radical (unpaired) electrons. The van der Waals surface area contributed by atoms with Crippen LogP contribution < -0.4 is 10.0 Å². The van der Waals surface area contributed by atoms with Crippen molar-refractivity contribution in [3.8, 4) is 0 Å². The Bertz CT molecular complexity index is 617. The third kappa shape index (κ3) is 11.3. The van der Waals surface area contributed by atoms with E-state index in [9.17, 15) is 13.2 Å². The maximum absolute atomic E-state index is 12.2. The van der Waals surface area contributed by atoms with Crippen molar-refractivity contribution in [1.82, 2.24) is 10.0 Å². The molecule has 5 nitrogen and oxygen atoms in total. The molecule has 0 aliphatic heterocycles. The molecule has 0 bridgehead atoms. The fourth-order valence-electron chi connectivity index (χ4n) is 2.36. The zero-order valence-corrected chi connectivity index (χ0v) is 19.1. The molecule has 0 spiro atoms. The summed E-state index contributed by atoms with van der Waals surface area (Å²) in [7, 11) is -3.22. The molecule has 2 N–H and O–H groups in total. The minimum Gasteiger partial charge on any atom is -0.330 e. The number of hydrogen-bond acceptors (Lipinski definition) is 3. The molecular formula is C21H40N2O3S. The first-order valence-electron chi connectivity index (χ1n) is 10.2. The zero-order chi connectivity index (χ0) is 21.0. The number of allylic oxidation sites excluding steroid dienone is 4. The first-order chi connectivity index (χ1) is 12.5. The van der Waals surface area contributed by atoms with Crippen molar-refractivity contribution >= 4 is 15.9 Å². The van der Waals surface area contributed by atoms with Crippen LogP contribution in [-0.4, -0.2) is 26.1 Å². The summed E-state index contributed by atoms with van der Waals surface area (Å²) in [4.78, 5) is 12.2. The van der Waals surface area contributed by atoms with Gasteiger partial charge in [0.1, 0.15) is 0 Å². The van der Waals surface area contributed by atoms with E-state index in [-0.39, 0.29) is 11.8 Å². The molecule has 1 amide bonds. The highest BCUT2D eigenvalue weighted by Crippen LogP contribution is 2.17. The van der Waals surface area contributed by atoms with E-state index in [1.54, 1.807) is 13.8 Å². The van der Waals surface area contributed by atoms with Gasteiger partial charge in [0.05, 0.1) is 5.25 Å². The summed E-state index contributed by atoms with van der Waals surface area (Å²) in [6.07, 6.45) is 7.23. The van der Waals surface area contributed by atoms with Gasteiger partial charge in [-0.25, -0.2) is 13.1 Å². The van der Waals surface area contributed by atoms with Crippen LogP contribution in [0, 0.1) is 5.92 Å². The third-order valence-electron chi connectivity index (χ3n) is 4.61. The number of sulfonamides is 1. The van der Waals surface area contributed by atoms with Crippen LogP contribution in [0.2, 0.25) is 0 Å². The quantitative estimate of drug-likeness (QED) is 0.348. The molecule has 158 valence electrons. The molecule has 0 unspecified atom stereocenters. The highest BCUT2D eigenvalue weighted by Gasteiger charge is 2.14. The molecule has 0 saturated heterocycles. The molecule has 6 heteroatoms. The fraction of sp³-hybridized carbons (Fsp3) is 0.762. The minimum absolute atomic E-state index is 0.0133. The molecular weight excluding hydrogens is 360 g/mol. The van der Waals surface area contributed by atoms with E-state index in [2.05, 4.69) is 50.7 Å². The lowest BCUT2D eigenvalue weighted by Gasteiger charge is -2.15. The Morgan fingerprint density at radius 1 is 1.00 bits per heavy atom. The summed E-state index contributed by atoms with van der Waals surface area (Å²) in [6.45, 7) is 14.2. The van der Waals surface area contributed by atoms with Crippen LogP contribution >= 0.6 is 0 Å². The van der Waals surface area contributed by atoms with Crippen molar-refractivity contribution in [3.63, 3.8) is 0 Å². The van der Waals surface area contributed by atoms with Gasteiger partial charge in [-0.05, 0) is 65.4 Å². The van der Waals surface area contributed by atoms with Gasteiger partial charge in [0.2, 0.25) is 15.9 Å². The Balaban J connectivity index is 4.55. The Morgan fingerprint density at radius 2 is 1.63 bits per heavy atom. The monoisotopic (exact) mass is 400 g/mol. The minimum atomic E-state index is -3.22. The average Bonchev–Trinajstić information content (AvgIpc) is 2.58. The number of hydrogen-bond donors (Lipinski definition) is 2. The molecule has 0 aromatic rings. The second kappa shape index (κ2) is 13.1. The number of amides is 1. The van der Waals surface area contributed by atoms with Crippen LogP contribution in [0.4, 0.5) is 0 Å². The van der Waals surface area contributed by atoms with Crippen molar-refractivity contribution in [3.05, 3.63) is 22.9 Å². The average molecular weight is 401 g/mol. The predicted octanol–water partition coefficient (Wildman–Crippen LogP) is 4.67. The van der Waals surface area contributed by atoms with Gasteiger partial charge in [-0.2, -0.15) is 0 Å². The summed E-state index contributed by atoms with van der Waals surface area (Å²) in [5.74, 6) is 0.224. The number of rotatable bonds is 13. The topological polar surface area (TPSA) is 75.3 Å². The van der Waals surface area contributed by atoms with Crippen LogP contribution in [-0.2, 0) is 14.8 Å². The third-order valence-corrected chi connectivity index (χ3v) is 6.46. The maximum Gasteiger partial charge on any atom is 0.224 e. The van der Waals surface area contributed by atoms with Crippen LogP contribution in [0.3, 0.4) is 0 Å². The molecule has 0 saturated carbocycles. The van der Waals surface area contributed by atoms with E-state index < -0.39 is 15.3 Å². The standard InChI is InChI=1S/C21H40N2O3S/c1-8-9-12-18(6)19(7)15-20(16(2)3)23-21(24)13-10-11-14-22-27(25,26)17(4)5/h15-17,22H,8-14H2,1-7H3,(H,23,24)/b19-18+,20-15+. The fourth-order valence-corrected chi connectivity index (χ4v) is 3.12. The van der Waals surface area contributed by atoms with Gasteiger partial charge in [-0.1, -0.05) is 38.3 Å². The largest absolute Gasteiger partial charge is 0.330 e. The normalized spacial score (nSPS) is 13.9. The smallest absolute Gasteiger partial charge is 0.224 e. The summed E-state index contributed by atoms with van der Waals surface area (Å²) in [5, 5.41) is 2.60. The van der Waals surface area contributed by atoms with E-state index in [0.717, 1.165) is 12.1 Å². The Kier molecular flexibility index (Phi) is 12.6. The van der Waals surface area contributed by atoms with Crippen molar-refractivity contribution < 1.29 is 13.2 Å². The Morgan fingerprint density at radius 3 is 2.15 bits per heavy atom. The molecule has 0 aromatic heterocycles. The number of unbranched alkanes of at least 4 members (excludes halogenated alkanes) is 2. The second-order valence-corrected chi connectivity index (χ2v) is 10.1. The Labute approximate surface area is 167 Å². The van der Waals surface area contributed by atoms with Gasteiger partial charge < -0.3 is 5.32 Å². The summed E-state index contributed by atoms with van der Waals surface area (Å²) in [5.41, 5.74) is 3.52. The highest BCUT2D eigenvalue weighted by molar-refractivity contribution is 7.90.